The van der Waals surface area contributed by atoms with Crippen molar-refractivity contribution in [3.05, 3.63) is 45.9 Å². The van der Waals surface area contributed by atoms with E-state index in [1.807, 2.05) is 17.5 Å². The van der Waals surface area contributed by atoms with Gasteiger partial charge in [0.2, 0.25) is 0 Å². The van der Waals surface area contributed by atoms with Gasteiger partial charge in [0.25, 0.3) is 5.91 Å². The Kier molecular flexibility index (Phi) is 5.10. The standard InChI is InChI=1S/C19H19N5O2S2/c1-11-4-13-8-28-18(21)24-19(13,10-26-11)16-5-14(9-27-16)23-17(25)15-3-2-12(6-20)7-22-15/h2-3,5,7,9,11,13H,4,8,10H2,1H3,(H2,21,24)(H,23,25). The Morgan fingerprint density at radius 3 is 3.11 bits per heavy atom. The van der Waals surface area contributed by atoms with E-state index in [1.54, 1.807) is 29.2 Å². The topological polar surface area (TPSA) is 113 Å². The summed E-state index contributed by atoms with van der Waals surface area (Å²) in [7, 11) is 0. The molecule has 3 atom stereocenters. The molecule has 1 amide bonds. The molecule has 2 aliphatic heterocycles. The molecule has 28 heavy (non-hydrogen) atoms. The molecule has 4 rings (SSSR count). The number of amidine groups is 1. The highest BCUT2D eigenvalue weighted by Crippen LogP contribution is 2.48. The second kappa shape index (κ2) is 7.54. The van der Waals surface area contributed by atoms with Gasteiger partial charge in [0.1, 0.15) is 17.3 Å². The number of hydrogen-bond acceptors (Lipinski definition) is 8. The lowest BCUT2D eigenvalue weighted by Crippen LogP contribution is -2.49. The molecule has 0 aliphatic carbocycles. The third kappa shape index (κ3) is 3.51. The van der Waals surface area contributed by atoms with Gasteiger partial charge in [0, 0.05) is 28.1 Å². The fourth-order valence-electron chi connectivity index (χ4n) is 3.54. The molecule has 2 aromatic heterocycles. The number of nitriles is 1. The summed E-state index contributed by atoms with van der Waals surface area (Å²) in [5.41, 5.74) is 6.92. The van der Waals surface area contributed by atoms with E-state index < -0.39 is 5.54 Å². The number of aromatic nitrogens is 1. The zero-order valence-corrected chi connectivity index (χ0v) is 16.8. The molecule has 9 heteroatoms. The quantitative estimate of drug-likeness (QED) is 0.800. The van der Waals surface area contributed by atoms with Crippen molar-refractivity contribution in [3.63, 3.8) is 0 Å². The lowest BCUT2D eigenvalue weighted by Gasteiger charge is -2.44. The van der Waals surface area contributed by atoms with Gasteiger partial charge < -0.3 is 15.8 Å². The first-order valence-electron chi connectivity index (χ1n) is 8.86. The smallest absolute Gasteiger partial charge is 0.274 e. The predicted molar refractivity (Wildman–Crippen MR) is 111 cm³/mol. The number of nitrogens with two attached hydrogens (primary N) is 1. The van der Waals surface area contributed by atoms with Gasteiger partial charge in [0.05, 0.1) is 24.0 Å². The minimum atomic E-state index is -0.484. The number of aliphatic imine (C=N–C) groups is 1. The summed E-state index contributed by atoms with van der Waals surface area (Å²) in [4.78, 5) is 22.3. The van der Waals surface area contributed by atoms with Gasteiger partial charge in [-0.25, -0.2) is 9.98 Å². The highest BCUT2D eigenvalue weighted by molar-refractivity contribution is 8.13. The molecule has 0 spiro atoms. The normalized spacial score (nSPS) is 26.6. The van der Waals surface area contributed by atoms with Gasteiger partial charge in [-0.05, 0) is 31.5 Å². The molecule has 0 radical (unpaired) electrons. The maximum atomic E-state index is 12.4. The van der Waals surface area contributed by atoms with Crippen LogP contribution in [0.5, 0.6) is 0 Å². The van der Waals surface area contributed by atoms with E-state index >= 15 is 0 Å². The number of fused-ring (bicyclic) bond motifs is 1. The maximum Gasteiger partial charge on any atom is 0.274 e. The average Bonchev–Trinajstić information content (AvgIpc) is 3.17. The van der Waals surface area contributed by atoms with Crippen molar-refractivity contribution in [2.75, 3.05) is 17.7 Å². The van der Waals surface area contributed by atoms with Crippen LogP contribution in [-0.4, -0.2) is 34.5 Å². The predicted octanol–water partition coefficient (Wildman–Crippen LogP) is 2.95. The fourth-order valence-corrected chi connectivity index (χ4v) is 5.60. The van der Waals surface area contributed by atoms with Crippen LogP contribution < -0.4 is 11.1 Å². The van der Waals surface area contributed by atoms with Gasteiger partial charge in [-0.15, -0.1) is 11.3 Å². The number of amides is 1. The van der Waals surface area contributed by atoms with Crippen molar-refractivity contribution in [1.82, 2.24) is 4.98 Å². The zero-order chi connectivity index (χ0) is 19.7. The van der Waals surface area contributed by atoms with Crippen LogP contribution in [0.25, 0.3) is 0 Å². The number of pyridine rings is 1. The Bertz CT molecular complexity index is 965. The Morgan fingerprint density at radius 2 is 2.36 bits per heavy atom. The van der Waals surface area contributed by atoms with Crippen LogP contribution in [-0.2, 0) is 10.3 Å². The van der Waals surface area contributed by atoms with Crippen LogP contribution in [0.1, 0.15) is 34.3 Å². The molecule has 3 unspecified atom stereocenters. The van der Waals surface area contributed by atoms with Crippen LogP contribution in [0, 0.1) is 17.2 Å². The van der Waals surface area contributed by atoms with Crippen molar-refractivity contribution < 1.29 is 9.53 Å². The van der Waals surface area contributed by atoms with E-state index in [1.165, 1.54) is 12.3 Å². The van der Waals surface area contributed by atoms with Crippen molar-refractivity contribution >= 4 is 39.9 Å². The van der Waals surface area contributed by atoms with Gasteiger partial charge in [-0.2, -0.15) is 5.26 Å². The summed E-state index contributed by atoms with van der Waals surface area (Å²) >= 11 is 3.14. The molecule has 144 valence electrons. The second-order valence-electron chi connectivity index (χ2n) is 6.94. The van der Waals surface area contributed by atoms with Crippen molar-refractivity contribution in [1.29, 1.82) is 5.26 Å². The number of carbonyl (C=O) groups excluding carboxylic acids is 1. The molecule has 7 nitrogen and oxygen atoms in total. The Balaban J connectivity index is 1.57. The molecule has 4 heterocycles. The van der Waals surface area contributed by atoms with E-state index in [0.717, 1.165) is 17.1 Å². The Hall–Kier alpha value is -2.41. The Labute approximate surface area is 171 Å². The van der Waals surface area contributed by atoms with Crippen LogP contribution in [0.15, 0.2) is 34.8 Å². The molecular weight excluding hydrogens is 394 g/mol. The fraction of sp³-hybridized carbons (Fsp3) is 0.368. The molecule has 0 saturated carbocycles. The summed E-state index contributed by atoms with van der Waals surface area (Å²) in [6, 6.07) is 7.04. The molecule has 0 aromatic carbocycles. The zero-order valence-electron chi connectivity index (χ0n) is 15.2. The first kappa shape index (κ1) is 18.9. The number of thiophene rings is 1. The van der Waals surface area contributed by atoms with Gasteiger partial charge in [-0.3, -0.25) is 4.79 Å². The molecule has 2 aromatic rings. The minimum absolute atomic E-state index is 0.204. The number of hydrogen-bond donors (Lipinski definition) is 2. The minimum Gasteiger partial charge on any atom is -0.379 e. The highest BCUT2D eigenvalue weighted by Gasteiger charge is 2.48. The lowest BCUT2D eigenvalue weighted by atomic mass is 9.79. The molecule has 0 bridgehead atoms. The number of nitrogens with one attached hydrogen (secondary N) is 1. The van der Waals surface area contributed by atoms with E-state index in [2.05, 4.69) is 17.2 Å². The number of rotatable bonds is 3. The first-order valence-corrected chi connectivity index (χ1v) is 10.7. The Morgan fingerprint density at radius 1 is 1.50 bits per heavy atom. The highest BCUT2D eigenvalue weighted by atomic mass is 32.2. The van der Waals surface area contributed by atoms with Crippen molar-refractivity contribution in [3.8, 4) is 6.07 Å². The molecule has 1 saturated heterocycles. The monoisotopic (exact) mass is 413 g/mol. The maximum absolute atomic E-state index is 12.4. The average molecular weight is 414 g/mol. The summed E-state index contributed by atoms with van der Waals surface area (Å²) in [6.07, 6.45) is 2.52. The number of nitrogens with zero attached hydrogens (tertiary/aromatic N) is 3. The second-order valence-corrected chi connectivity index (χ2v) is 8.89. The van der Waals surface area contributed by atoms with E-state index in [4.69, 9.17) is 20.7 Å². The molecule has 1 fully saturated rings. The summed E-state index contributed by atoms with van der Waals surface area (Å²) in [5, 5.41) is 14.2. The number of anilines is 1. The molecular formula is C19H19N5O2S2. The number of ether oxygens (including phenoxy) is 1. The van der Waals surface area contributed by atoms with Crippen LogP contribution in [0.4, 0.5) is 5.69 Å². The molecule has 2 aliphatic rings. The number of carbonyl (C=O) groups is 1. The van der Waals surface area contributed by atoms with Crippen LogP contribution in [0.3, 0.4) is 0 Å². The van der Waals surface area contributed by atoms with E-state index in [-0.39, 0.29) is 17.7 Å². The van der Waals surface area contributed by atoms with Crippen LogP contribution in [0.2, 0.25) is 0 Å². The number of thioether (sulfide) groups is 1. The lowest BCUT2D eigenvalue weighted by molar-refractivity contribution is -0.0453. The van der Waals surface area contributed by atoms with E-state index in [9.17, 15) is 4.79 Å². The van der Waals surface area contributed by atoms with Crippen molar-refractivity contribution in [2.45, 2.75) is 25.0 Å². The van der Waals surface area contributed by atoms with Crippen molar-refractivity contribution in [2.24, 2.45) is 16.6 Å². The summed E-state index contributed by atoms with van der Waals surface area (Å²) in [6.45, 7) is 2.58. The van der Waals surface area contributed by atoms with Crippen LogP contribution >= 0.6 is 23.1 Å². The van der Waals surface area contributed by atoms with E-state index in [0.29, 0.717) is 28.9 Å². The van der Waals surface area contributed by atoms with Gasteiger partial charge in [0.15, 0.2) is 5.17 Å². The largest absolute Gasteiger partial charge is 0.379 e. The summed E-state index contributed by atoms with van der Waals surface area (Å²) in [5.74, 6) is 0.937. The molecule has 3 N–H and O–H groups in total. The first-order chi connectivity index (χ1) is 13.5. The third-order valence-electron chi connectivity index (χ3n) is 5.03. The summed E-state index contributed by atoms with van der Waals surface area (Å²) < 4.78 is 5.95. The third-order valence-corrected chi connectivity index (χ3v) is 7.08. The van der Waals surface area contributed by atoms with Gasteiger partial charge >= 0.3 is 0 Å². The van der Waals surface area contributed by atoms with Gasteiger partial charge in [-0.1, -0.05) is 11.8 Å². The SMILES string of the molecule is CC1CC2CSC(N)=NC2(c2cc(NC(=O)c3ccc(C#N)cn3)cs2)CO1.